The Morgan fingerprint density at radius 2 is 1.96 bits per heavy atom. The quantitative estimate of drug-likeness (QED) is 0.830. The molecule has 2 aliphatic heterocycles. The standard InChI is InChI=1S/C20H21F2N3O2/c21-15-3-1-4-16(11-15)25-14-20(27-13-19(25)26)6-9-24(10-7-20)12-18-17(22)5-2-8-23-18/h1-5,8,11H,6-7,9-10,12-14H2. The Bertz CT molecular complexity index is 837. The molecule has 1 spiro atoms. The number of anilines is 1. The van der Waals surface area contributed by atoms with Gasteiger partial charge in [0.15, 0.2) is 0 Å². The fraction of sp³-hybridized carbons (Fsp3) is 0.400. The highest BCUT2D eigenvalue weighted by Gasteiger charge is 2.42. The Labute approximate surface area is 156 Å². The molecule has 0 radical (unpaired) electrons. The molecule has 2 aromatic rings. The van der Waals surface area contributed by atoms with Crippen molar-refractivity contribution in [2.24, 2.45) is 0 Å². The summed E-state index contributed by atoms with van der Waals surface area (Å²) in [5.74, 6) is -0.827. The van der Waals surface area contributed by atoms with E-state index in [1.807, 2.05) is 0 Å². The van der Waals surface area contributed by atoms with Crippen LogP contribution in [0, 0.1) is 11.6 Å². The molecule has 3 heterocycles. The molecule has 1 amide bonds. The molecule has 0 saturated carbocycles. The van der Waals surface area contributed by atoms with Crippen molar-refractivity contribution in [3.05, 3.63) is 59.9 Å². The van der Waals surface area contributed by atoms with E-state index in [1.54, 1.807) is 29.3 Å². The number of nitrogens with zero attached hydrogens (tertiary/aromatic N) is 3. The maximum atomic E-state index is 13.8. The van der Waals surface area contributed by atoms with E-state index in [2.05, 4.69) is 9.88 Å². The summed E-state index contributed by atoms with van der Waals surface area (Å²) in [7, 11) is 0. The second kappa shape index (κ2) is 7.32. The van der Waals surface area contributed by atoms with Crippen LogP contribution in [0.5, 0.6) is 0 Å². The summed E-state index contributed by atoms with van der Waals surface area (Å²) in [5, 5.41) is 0. The van der Waals surface area contributed by atoms with Crippen molar-refractivity contribution in [2.45, 2.75) is 25.0 Å². The lowest BCUT2D eigenvalue weighted by Gasteiger charge is -2.47. The maximum Gasteiger partial charge on any atom is 0.253 e. The van der Waals surface area contributed by atoms with Crippen LogP contribution in [0.2, 0.25) is 0 Å². The van der Waals surface area contributed by atoms with Gasteiger partial charge in [0.2, 0.25) is 0 Å². The number of rotatable bonds is 3. The van der Waals surface area contributed by atoms with Gasteiger partial charge < -0.3 is 9.64 Å². The largest absolute Gasteiger partial charge is 0.363 e. The van der Waals surface area contributed by atoms with Crippen molar-refractivity contribution in [1.29, 1.82) is 0 Å². The van der Waals surface area contributed by atoms with Crippen molar-refractivity contribution in [3.8, 4) is 0 Å². The van der Waals surface area contributed by atoms with Crippen molar-refractivity contribution in [2.75, 3.05) is 31.1 Å². The number of hydrogen-bond donors (Lipinski definition) is 0. The molecule has 27 heavy (non-hydrogen) atoms. The molecule has 142 valence electrons. The number of morpholine rings is 1. The zero-order chi connectivity index (χ0) is 18.9. The zero-order valence-corrected chi connectivity index (χ0v) is 14.9. The predicted octanol–water partition coefficient (Wildman–Crippen LogP) is 2.76. The molecular formula is C20H21F2N3O2. The maximum absolute atomic E-state index is 13.8. The smallest absolute Gasteiger partial charge is 0.253 e. The highest BCUT2D eigenvalue weighted by Crippen LogP contribution is 2.33. The predicted molar refractivity (Wildman–Crippen MR) is 96.1 cm³/mol. The van der Waals surface area contributed by atoms with Crippen LogP contribution in [-0.2, 0) is 16.1 Å². The van der Waals surface area contributed by atoms with Crippen LogP contribution in [0.3, 0.4) is 0 Å². The minimum Gasteiger partial charge on any atom is -0.363 e. The Hall–Kier alpha value is -2.38. The number of carbonyl (C=O) groups excluding carboxylic acids is 1. The first-order valence-corrected chi connectivity index (χ1v) is 9.06. The Kier molecular flexibility index (Phi) is 4.88. The van der Waals surface area contributed by atoms with Gasteiger partial charge in [-0.15, -0.1) is 0 Å². The Balaban J connectivity index is 1.43. The highest BCUT2D eigenvalue weighted by atomic mass is 19.1. The number of piperidine rings is 1. The number of amides is 1. The third-order valence-electron chi connectivity index (χ3n) is 5.34. The highest BCUT2D eigenvalue weighted by molar-refractivity contribution is 5.95. The van der Waals surface area contributed by atoms with Gasteiger partial charge in [0.1, 0.15) is 18.2 Å². The number of benzene rings is 1. The summed E-state index contributed by atoms with van der Waals surface area (Å²) < 4.78 is 33.3. The second-order valence-corrected chi connectivity index (χ2v) is 7.14. The summed E-state index contributed by atoms with van der Waals surface area (Å²) in [5.41, 5.74) is 0.551. The van der Waals surface area contributed by atoms with E-state index >= 15 is 0 Å². The average Bonchev–Trinajstić information content (AvgIpc) is 2.68. The number of halogens is 2. The van der Waals surface area contributed by atoms with Crippen molar-refractivity contribution in [3.63, 3.8) is 0 Å². The van der Waals surface area contributed by atoms with Gasteiger partial charge in [0.25, 0.3) is 5.91 Å². The summed E-state index contributed by atoms with van der Waals surface area (Å²) in [4.78, 5) is 20.2. The molecule has 0 N–H and O–H groups in total. The lowest BCUT2D eigenvalue weighted by molar-refractivity contribution is -0.145. The van der Waals surface area contributed by atoms with Gasteiger partial charge in [-0.1, -0.05) is 6.07 Å². The van der Waals surface area contributed by atoms with Gasteiger partial charge >= 0.3 is 0 Å². The van der Waals surface area contributed by atoms with Crippen molar-refractivity contribution in [1.82, 2.24) is 9.88 Å². The van der Waals surface area contributed by atoms with Gasteiger partial charge in [-0.05, 0) is 43.2 Å². The zero-order valence-electron chi connectivity index (χ0n) is 14.9. The van der Waals surface area contributed by atoms with Gasteiger partial charge in [-0.2, -0.15) is 0 Å². The first-order valence-electron chi connectivity index (χ1n) is 9.06. The molecule has 5 nitrogen and oxygen atoms in total. The summed E-state index contributed by atoms with van der Waals surface area (Å²) in [6, 6.07) is 9.07. The first-order chi connectivity index (χ1) is 13.0. The normalized spacial score (nSPS) is 20.2. The van der Waals surface area contributed by atoms with E-state index < -0.39 is 5.60 Å². The molecular weight excluding hydrogens is 352 g/mol. The van der Waals surface area contributed by atoms with Crippen LogP contribution in [0.15, 0.2) is 42.6 Å². The topological polar surface area (TPSA) is 45.7 Å². The molecule has 2 aliphatic rings. The number of ether oxygens (including phenoxy) is 1. The fourth-order valence-electron chi connectivity index (χ4n) is 3.76. The van der Waals surface area contributed by atoms with E-state index in [1.165, 1.54) is 18.2 Å². The molecule has 2 fully saturated rings. The Morgan fingerprint density at radius 1 is 1.15 bits per heavy atom. The molecule has 4 rings (SSSR count). The van der Waals surface area contributed by atoms with Gasteiger partial charge in [-0.25, -0.2) is 8.78 Å². The van der Waals surface area contributed by atoms with E-state index in [4.69, 9.17) is 4.74 Å². The number of hydrogen-bond acceptors (Lipinski definition) is 4. The van der Waals surface area contributed by atoms with E-state index in [9.17, 15) is 13.6 Å². The van der Waals surface area contributed by atoms with E-state index in [-0.39, 0.29) is 24.1 Å². The third-order valence-corrected chi connectivity index (χ3v) is 5.34. The average molecular weight is 373 g/mol. The second-order valence-electron chi connectivity index (χ2n) is 7.14. The molecule has 7 heteroatoms. The lowest BCUT2D eigenvalue weighted by Crippen LogP contribution is -2.58. The summed E-state index contributed by atoms with van der Waals surface area (Å²) in [6.45, 7) is 2.30. The molecule has 1 aromatic carbocycles. The number of aromatic nitrogens is 1. The van der Waals surface area contributed by atoms with Crippen LogP contribution in [0.25, 0.3) is 0 Å². The van der Waals surface area contributed by atoms with Crippen LogP contribution >= 0.6 is 0 Å². The third kappa shape index (κ3) is 3.84. The van der Waals surface area contributed by atoms with Gasteiger partial charge in [-0.3, -0.25) is 14.7 Å². The lowest BCUT2D eigenvalue weighted by atomic mass is 9.89. The molecule has 0 unspecified atom stereocenters. The molecule has 2 saturated heterocycles. The number of pyridine rings is 1. The van der Waals surface area contributed by atoms with E-state index in [0.29, 0.717) is 24.5 Å². The Morgan fingerprint density at radius 3 is 2.70 bits per heavy atom. The van der Waals surface area contributed by atoms with Crippen LogP contribution < -0.4 is 4.90 Å². The summed E-state index contributed by atoms with van der Waals surface area (Å²) in [6.07, 6.45) is 3.04. The van der Waals surface area contributed by atoms with Crippen LogP contribution in [0.4, 0.5) is 14.5 Å². The van der Waals surface area contributed by atoms with Gasteiger partial charge in [0, 0.05) is 31.5 Å². The molecule has 0 atom stereocenters. The van der Waals surface area contributed by atoms with Crippen molar-refractivity contribution < 1.29 is 18.3 Å². The fourth-order valence-corrected chi connectivity index (χ4v) is 3.76. The minimum absolute atomic E-state index is 0.00855. The molecule has 0 aliphatic carbocycles. The van der Waals surface area contributed by atoms with Gasteiger partial charge in [0.05, 0.1) is 17.8 Å². The monoisotopic (exact) mass is 373 g/mol. The molecule has 1 aromatic heterocycles. The first kappa shape index (κ1) is 18.0. The summed E-state index contributed by atoms with van der Waals surface area (Å²) >= 11 is 0. The molecule has 0 bridgehead atoms. The SMILES string of the molecule is O=C1COC2(CCN(Cc3ncccc3F)CC2)CN1c1cccc(F)c1. The van der Waals surface area contributed by atoms with Crippen LogP contribution in [0.1, 0.15) is 18.5 Å². The van der Waals surface area contributed by atoms with Crippen LogP contribution in [-0.4, -0.2) is 47.6 Å². The van der Waals surface area contributed by atoms with Crippen molar-refractivity contribution >= 4 is 11.6 Å². The van der Waals surface area contributed by atoms with E-state index in [0.717, 1.165) is 25.9 Å². The number of carbonyl (C=O) groups is 1. The minimum atomic E-state index is -0.445. The number of likely N-dealkylation sites (tertiary alicyclic amines) is 1.